The van der Waals surface area contributed by atoms with Gasteiger partial charge in [0.05, 0.1) is 6.42 Å². The first-order chi connectivity index (χ1) is 12.4. The maximum absolute atomic E-state index is 14.1. The summed E-state index contributed by atoms with van der Waals surface area (Å²) < 4.78 is 90.5. The molecule has 1 aliphatic heterocycles. The molecule has 1 aromatic carbocycles. The van der Waals surface area contributed by atoms with Gasteiger partial charge in [-0.15, -0.1) is 0 Å². The van der Waals surface area contributed by atoms with Gasteiger partial charge in [0.1, 0.15) is 0 Å². The highest BCUT2D eigenvalue weighted by atomic mass is 19.4. The number of rotatable bonds is 2. The summed E-state index contributed by atoms with van der Waals surface area (Å²) in [6.45, 7) is 0.100. The molecular weight excluding hydrogens is 383 g/mol. The zero-order valence-electron chi connectivity index (χ0n) is 13.9. The highest BCUT2D eigenvalue weighted by Gasteiger charge is 2.68. The van der Waals surface area contributed by atoms with Gasteiger partial charge in [-0.1, -0.05) is 0 Å². The van der Waals surface area contributed by atoms with E-state index in [1.165, 1.54) is 0 Å². The summed E-state index contributed by atoms with van der Waals surface area (Å²) in [5.41, 5.74) is -4.21. The van der Waals surface area contributed by atoms with Crippen molar-refractivity contribution in [3.63, 3.8) is 0 Å². The van der Waals surface area contributed by atoms with Crippen LogP contribution in [0.15, 0.2) is 12.1 Å². The number of hydrogen-bond acceptors (Lipinski definition) is 2. The second-order valence-electron chi connectivity index (χ2n) is 6.81. The second kappa shape index (κ2) is 6.35. The van der Waals surface area contributed by atoms with Gasteiger partial charge in [0.15, 0.2) is 6.17 Å². The Bertz CT molecular complexity index is 759. The van der Waals surface area contributed by atoms with Gasteiger partial charge in [-0.3, -0.25) is 4.79 Å². The molecule has 1 N–H and O–H groups in total. The summed E-state index contributed by atoms with van der Waals surface area (Å²) in [5.74, 6) is -0.823. The van der Waals surface area contributed by atoms with Crippen molar-refractivity contribution in [3.05, 3.63) is 28.8 Å². The lowest BCUT2D eigenvalue weighted by Crippen LogP contribution is -2.53. The smallest absolute Gasteiger partial charge is 0.374 e. The van der Waals surface area contributed by atoms with Crippen LogP contribution in [0.4, 0.5) is 36.4 Å². The third-order valence-electron chi connectivity index (χ3n) is 5.03. The van der Waals surface area contributed by atoms with Gasteiger partial charge >= 0.3 is 12.4 Å². The van der Waals surface area contributed by atoms with Crippen molar-refractivity contribution >= 4 is 11.6 Å². The lowest BCUT2D eigenvalue weighted by molar-refractivity contribution is -0.302. The maximum atomic E-state index is 14.1. The maximum Gasteiger partial charge on any atom is 0.424 e. The molecule has 1 heterocycles. The normalized spacial score (nSPS) is 25.3. The van der Waals surface area contributed by atoms with Gasteiger partial charge in [-0.05, 0) is 42.5 Å². The summed E-state index contributed by atoms with van der Waals surface area (Å²) in [4.78, 5) is 13.3. The molecule has 0 radical (unpaired) electrons. The molecule has 3 nitrogen and oxygen atoms in total. The van der Waals surface area contributed by atoms with E-state index in [9.17, 15) is 40.6 Å². The number of fused-ring (bicyclic) bond motifs is 2. The lowest BCUT2D eigenvalue weighted by Gasteiger charge is -2.44. The van der Waals surface area contributed by atoms with Crippen molar-refractivity contribution in [1.29, 1.82) is 0 Å². The zero-order valence-corrected chi connectivity index (χ0v) is 13.9. The van der Waals surface area contributed by atoms with Crippen LogP contribution in [0.5, 0.6) is 0 Å². The Balaban J connectivity index is 1.96. The molecule has 1 aromatic rings. The Labute approximate surface area is 149 Å². The Morgan fingerprint density at radius 3 is 2.44 bits per heavy atom. The number of amides is 1. The fraction of sp³-hybridized carbons (Fsp3) is 0.588. The van der Waals surface area contributed by atoms with E-state index in [1.807, 2.05) is 0 Å². The minimum Gasteiger partial charge on any atom is -0.374 e. The molecular formula is C17H16F7NO2. The summed E-state index contributed by atoms with van der Waals surface area (Å²) in [6, 6.07) is 2.07. The molecule has 1 aliphatic carbocycles. The number of nitrogens with zero attached hydrogens (tertiary/aromatic N) is 1. The summed E-state index contributed by atoms with van der Waals surface area (Å²) in [7, 11) is 0. The summed E-state index contributed by atoms with van der Waals surface area (Å²) >= 11 is 0. The number of carbonyl (C=O) groups is 1. The number of aliphatic hydroxyl groups is 1. The van der Waals surface area contributed by atoms with Crippen molar-refractivity contribution in [2.45, 2.75) is 56.2 Å². The quantitative estimate of drug-likeness (QED) is 0.746. The standard InChI is InChI=1S/C17H16F7NO2/c18-14-10-8-12-9(7-11(10)16(14,27)17(22,23)24)3-1-2-6-25(12)13(26)4-5-15(19,20)21/h7-8,14,27H,1-6H2/t14-,16?/m1/s1. The van der Waals surface area contributed by atoms with Gasteiger partial charge in [0.25, 0.3) is 0 Å². The van der Waals surface area contributed by atoms with Gasteiger partial charge < -0.3 is 10.0 Å². The molecule has 150 valence electrons. The first kappa shape index (κ1) is 19.9. The van der Waals surface area contributed by atoms with Crippen molar-refractivity contribution in [2.24, 2.45) is 0 Å². The number of alkyl halides is 7. The summed E-state index contributed by atoms with van der Waals surface area (Å²) in [6.07, 6.45) is -13.3. The molecule has 0 saturated heterocycles. The minimum absolute atomic E-state index is 0.100. The van der Waals surface area contributed by atoms with E-state index < -0.39 is 54.0 Å². The SMILES string of the molecule is O=C(CCC(F)(F)F)N1CCCCc2cc3c(cc21)[C@@H](F)C3(O)C(F)(F)F. The van der Waals surface area contributed by atoms with E-state index in [4.69, 9.17) is 0 Å². The van der Waals surface area contributed by atoms with E-state index in [-0.39, 0.29) is 24.2 Å². The van der Waals surface area contributed by atoms with E-state index in [2.05, 4.69) is 0 Å². The topological polar surface area (TPSA) is 40.5 Å². The van der Waals surface area contributed by atoms with Crippen LogP contribution in [-0.4, -0.2) is 29.9 Å². The molecule has 0 aromatic heterocycles. The van der Waals surface area contributed by atoms with Crippen molar-refractivity contribution < 1.29 is 40.6 Å². The molecule has 10 heteroatoms. The molecule has 2 atom stereocenters. The van der Waals surface area contributed by atoms with Crippen LogP contribution in [0.2, 0.25) is 0 Å². The highest BCUT2D eigenvalue weighted by Crippen LogP contribution is 2.60. The molecule has 0 spiro atoms. The van der Waals surface area contributed by atoms with E-state index >= 15 is 0 Å². The number of benzene rings is 1. The summed E-state index contributed by atoms with van der Waals surface area (Å²) in [5, 5.41) is 9.78. The van der Waals surface area contributed by atoms with E-state index in [0.29, 0.717) is 12.8 Å². The van der Waals surface area contributed by atoms with Gasteiger partial charge in [-0.25, -0.2) is 4.39 Å². The highest BCUT2D eigenvalue weighted by molar-refractivity contribution is 5.94. The molecule has 1 amide bonds. The Hall–Kier alpha value is -1.84. The zero-order chi connectivity index (χ0) is 20.2. The Morgan fingerprint density at radius 1 is 1.19 bits per heavy atom. The van der Waals surface area contributed by atoms with Crippen LogP contribution < -0.4 is 4.90 Å². The number of anilines is 1. The van der Waals surface area contributed by atoms with Crippen molar-refractivity contribution in [3.8, 4) is 0 Å². The van der Waals surface area contributed by atoms with Crippen LogP contribution in [0, 0.1) is 0 Å². The molecule has 0 bridgehead atoms. The average Bonchev–Trinajstić information content (AvgIpc) is 2.77. The molecule has 27 heavy (non-hydrogen) atoms. The fourth-order valence-corrected chi connectivity index (χ4v) is 3.57. The lowest BCUT2D eigenvalue weighted by atomic mass is 9.70. The number of carbonyl (C=O) groups excluding carboxylic acids is 1. The van der Waals surface area contributed by atoms with Crippen LogP contribution in [0.1, 0.15) is 48.5 Å². The van der Waals surface area contributed by atoms with Gasteiger partial charge in [0.2, 0.25) is 11.5 Å². The van der Waals surface area contributed by atoms with Gasteiger partial charge in [0, 0.05) is 24.2 Å². The third kappa shape index (κ3) is 3.28. The van der Waals surface area contributed by atoms with Crippen molar-refractivity contribution in [1.82, 2.24) is 0 Å². The number of aryl methyl sites for hydroxylation is 1. The van der Waals surface area contributed by atoms with E-state index in [0.717, 1.165) is 17.0 Å². The third-order valence-corrected chi connectivity index (χ3v) is 5.03. The first-order valence-corrected chi connectivity index (χ1v) is 8.34. The monoisotopic (exact) mass is 399 g/mol. The molecule has 3 rings (SSSR count). The minimum atomic E-state index is -5.21. The predicted octanol–water partition coefficient (Wildman–Crippen LogP) is 4.47. The largest absolute Gasteiger partial charge is 0.424 e. The molecule has 2 aliphatic rings. The Morgan fingerprint density at radius 2 is 1.85 bits per heavy atom. The van der Waals surface area contributed by atoms with Gasteiger partial charge in [-0.2, -0.15) is 26.3 Å². The predicted molar refractivity (Wildman–Crippen MR) is 80.8 cm³/mol. The second-order valence-corrected chi connectivity index (χ2v) is 6.81. The van der Waals surface area contributed by atoms with E-state index in [1.54, 1.807) is 0 Å². The van der Waals surface area contributed by atoms with Crippen LogP contribution >= 0.6 is 0 Å². The fourth-order valence-electron chi connectivity index (χ4n) is 3.57. The van der Waals surface area contributed by atoms with Crippen molar-refractivity contribution in [2.75, 3.05) is 11.4 Å². The number of hydrogen-bond donors (Lipinski definition) is 1. The Kier molecular flexibility index (Phi) is 4.69. The van der Waals surface area contributed by atoms with Crippen LogP contribution in [0.25, 0.3) is 0 Å². The average molecular weight is 399 g/mol. The first-order valence-electron chi connectivity index (χ1n) is 8.34. The molecule has 0 fully saturated rings. The molecule has 1 unspecified atom stereocenters. The number of halogens is 7. The van der Waals surface area contributed by atoms with Crippen LogP contribution in [0.3, 0.4) is 0 Å². The van der Waals surface area contributed by atoms with Crippen LogP contribution in [-0.2, 0) is 16.8 Å². The molecule has 0 saturated carbocycles.